The van der Waals surface area contributed by atoms with Crippen molar-refractivity contribution in [3.63, 3.8) is 0 Å². The van der Waals surface area contributed by atoms with Crippen LogP contribution in [0.15, 0.2) is 48.7 Å². The number of rotatable bonds is 4. The summed E-state index contributed by atoms with van der Waals surface area (Å²) in [5.74, 6) is -0.488. The lowest BCUT2D eigenvalue weighted by atomic mass is 10.1. The number of carbonyl (C=O) groups is 2. The molecular weight excluding hydrogens is 383 g/mol. The average molecular weight is 399 g/mol. The Balaban J connectivity index is 1.54. The maximum Gasteiger partial charge on any atom is 0.251 e. The maximum atomic E-state index is 13.2. The van der Waals surface area contributed by atoms with E-state index in [1.807, 2.05) is 0 Å². The van der Waals surface area contributed by atoms with Crippen LogP contribution in [0.1, 0.15) is 18.0 Å². The summed E-state index contributed by atoms with van der Waals surface area (Å²) in [5.41, 5.74) is 2.75. The van der Waals surface area contributed by atoms with Gasteiger partial charge in [-0.2, -0.15) is 5.10 Å². The fourth-order valence-corrected chi connectivity index (χ4v) is 3.35. The Labute approximate surface area is 165 Å². The zero-order valence-corrected chi connectivity index (χ0v) is 15.6. The molecule has 0 aliphatic carbocycles. The summed E-state index contributed by atoms with van der Waals surface area (Å²) < 4.78 is 14.7. The number of benzene rings is 2. The Kier molecular flexibility index (Phi) is 4.60. The SMILES string of the molecule is Cc1c(Cl)cccc1NC(=O)CC1C(=O)Nc2c(-c3ccc(F)cc3)cnn21. The van der Waals surface area contributed by atoms with Gasteiger partial charge >= 0.3 is 0 Å². The Morgan fingerprint density at radius 1 is 1.29 bits per heavy atom. The van der Waals surface area contributed by atoms with E-state index >= 15 is 0 Å². The first-order valence-electron chi connectivity index (χ1n) is 8.63. The summed E-state index contributed by atoms with van der Waals surface area (Å²) in [5, 5.41) is 10.4. The van der Waals surface area contributed by atoms with Gasteiger partial charge in [0.2, 0.25) is 5.91 Å². The van der Waals surface area contributed by atoms with Crippen molar-refractivity contribution in [1.82, 2.24) is 9.78 Å². The Morgan fingerprint density at radius 2 is 2.04 bits per heavy atom. The summed E-state index contributed by atoms with van der Waals surface area (Å²) >= 11 is 6.08. The Hall–Kier alpha value is -3.19. The predicted molar refractivity (Wildman–Crippen MR) is 105 cm³/mol. The number of nitrogens with zero attached hydrogens (tertiary/aromatic N) is 2. The molecule has 0 fully saturated rings. The molecule has 0 bridgehead atoms. The molecule has 0 radical (unpaired) electrons. The standard InChI is InChI=1S/C20H16ClFN4O2/c1-11-15(21)3-2-4-16(11)24-18(27)9-17-20(28)25-19-14(10-23-26(17)19)12-5-7-13(22)8-6-12/h2-8,10,17H,9H2,1H3,(H,24,27)(H,25,28). The topological polar surface area (TPSA) is 76.0 Å². The summed E-state index contributed by atoms with van der Waals surface area (Å²) in [6.45, 7) is 1.81. The van der Waals surface area contributed by atoms with Crippen LogP contribution in [0.3, 0.4) is 0 Å². The molecule has 2 heterocycles. The first-order valence-corrected chi connectivity index (χ1v) is 9.01. The number of anilines is 2. The highest BCUT2D eigenvalue weighted by Crippen LogP contribution is 2.36. The molecule has 1 unspecified atom stereocenters. The maximum absolute atomic E-state index is 13.2. The number of halogens is 2. The summed E-state index contributed by atoms with van der Waals surface area (Å²) in [7, 11) is 0. The minimum Gasteiger partial charge on any atom is -0.326 e. The largest absolute Gasteiger partial charge is 0.326 e. The lowest BCUT2D eigenvalue weighted by Gasteiger charge is -2.12. The smallest absolute Gasteiger partial charge is 0.251 e. The van der Waals surface area contributed by atoms with Crippen molar-refractivity contribution in [2.45, 2.75) is 19.4 Å². The van der Waals surface area contributed by atoms with Crippen LogP contribution in [0.5, 0.6) is 0 Å². The van der Waals surface area contributed by atoms with E-state index in [2.05, 4.69) is 15.7 Å². The minimum atomic E-state index is -0.760. The highest BCUT2D eigenvalue weighted by molar-refractivity contribution is 6.31. The van der Waals surface area contributed by atoms with E-state index in [0.717, 1.165) is 11.1 Å². The van der Waals surface area contributed by atoms with Crippen molar-refractivity contribution >= 4 is 34.9 Å². The first kappa shape index (κ1) is 18.2. The third-order valence-electron chi connectivity index (χ3n) is 4.71. The Morgan fingerprint density at radius 3 is 2.79 bits per heavy atom. The van der Waals surface area contributed by atoms with Crippen molar-refractivity contribution in [3.05, 3.63) is 65.1 Å². The molecule has 1 aliphatic rings. The van der Waals surface area contributed by atoms with Crippen molar-refractivity contribution in [2.75, 3.05) is 10.6 Å². The zero-order chi connectivity index (χ0) is 19.8. The van der Waals surface area contributed by atoms with Crippen molar-refractivity contribution in [2.24, 2.45) is 0 Å². The van der Waals surface area contributed by atoms with E-state index in [-0.39, 0.29) is 24.1 Å². The fourth-order valence-electron chi connectivity index (χ4n) is 3.17. The molecule has 0 saturated heterocycles. The lowest BCUT2D eigenvalue weighted by Crippen LogP contribution is -2.23. The third-order valence-corrected chi connectivity index (χ3v) is 5.12. The van der Waals surface area contributed by atoms with E-state index in [9.17, 15) is 14.0 Å². The van der Waals surface area contributed by atoms with Gasteiger partial charge in [-0.15, -0.1) is 0 Å². The van der Waals surface area contributed by atoms with Crippen LogP contribution in [-0.2, 0) is 9.59 Å². The molecule has 0 saturated carbocycles. The monoisotopic (exact) mass is 398 g/mol. The Bertz CT molecular complexity index is 1080. The number of aromatic nitrogens is 2. The number of carbonyl (C=O) groups excluding carboxylic acids is 2. The molecule has 4 rings (SSSR count). The van der Waals surface area contributed by atoms with E-state index in [0.29, 0.717) is 22.1 Å². The minimum absolute atomic E-state index is 0.0741. The zero-order valence-electron chi connectivity index (χ0n) is 14.9. The molecule has 8 heteroatoms. The molecule has 2 aromatic carbocycles. The van der Waals surface area contributed by atoms with Gasteiger partial charge in [-0.3, -0.25) is 9.59 Å². The normalized spacial score (nSPS) is 15.2. The second kappa shape index (κ2) is 7.09. The van der Waals surface area contributed by atoms with E-state index < -0.39 is 6.04 Å². The van der Waals surface area contributed by atoms with Crippen LogP contribution in [0.4, 0.5) is 15.9 Å². The van der Waals surface area contributed by atoms with Crippen LogP contribution in [0.25, 0.3) is 11.1 Å². The van der Waals surface area contributed by atoms with Crippen LogP contribution >= 0.6 is 11.6 Å². The van der Waals surface area contributed by atoms with Gasteiger partial charge in [0.1, 0.15) is 17.7 Å². The van der Waals surface area contributed by atoms with E-state index in [1.165, 1.54) is 16.8 Å². The summed E-state index contributed by atoms with van der Waals surface area (Å²) in [6.07, 6.45) is 1.52. The van der Waals surface area contributed by atoms with E-state index in [4.69, 9.17) is 11.6 Å². The third kappa shape index (κ3) is 3.25. The number of hydrogen-bond acceptors (Lipinski definition) is 3. The summed E-state index contributed by atoms with van der Waals surface area (Å²) in [6, 6.07) is 10.4. The van der Waals surface area contributed by atoms with Crippen LogP contribution in [0, 0.1) is 12.7 Å². The predicted octanol–water partition coefficient (Wildman–Crippen LogP) is 4.17. The molecular formula is C20H16ClFN4O2. The van der Waals surface area contributed by atoms with Gasteiger partial charge in [0.25, 0.3) is 5.91 Å². The molecule has 3 aromatic rings. The van der Waals surface area contributed by atoms with Crippen molar-refractivity contribution < 1.29 is 14.0 Å². The average Bonchev–Trinajstić information content (AvgIpc) is 3.20. The molecule has 2 amide bonds. The van der Waals surface area contributed by atoms with Crippen LogP contribution in [0.2, 0.25) is 5.02 Å². The van der Waals surface area contributed by atoms with Crippen LogP contribution < -0.4 is 10.6 Å². The van der Waals surface area contributed by atoms with Gasteiger partial charge < -0.3 is 10.6 Å². The molecule has 1 aromatic heterocycles. The van der Waals surface area contributed by atoms with Gasteiger partial charge in [0, 0.05) is 16.3 Å². The second-order valence-electron chi connectivity index (χ2n) is 6.53. The molecule has 1 aliphatic heterocycles. The van der Waals surface area contributed by atoms with Gasteiger partial charge in [-0.05, 0) is 42.3 Å². The van der Waals surface area contributed by atoms with Crippen molar-refractivity contribution in [3.8, 4) is 11.1 Å². The molecule has 28 heavy (non-hydrogen) atoms. The molecule has 6 nitrogen and oxygen atoms in total. The van der Waals surface area contributed by atoms with Gasteiger partial charge in [0.15, 0.2) is 0 Å². The second-order valence-corrected chi connectivity index (χ2v) is 6.94. The molecule has 2 N–H and O–H groups in total. The molecule has 1 atom stereocenters. The quantitative estimate of drug-likeness (QED) is 0.692. The molecule has 0 spiro atoms. The number of hydrogen-bond donors (Lipinski definition) is 2. The number of nitrogens with one attached hydrogen (secondary N) is 2. The lowest BCUT2D eigenvalue weighted by molar-refractivity contribution is -0.123. The number of fused-ring (bicyclic) bond motifs is 1. The van der Waals surface area contributed by atoms with Gasteiger partial charge in [-0.25, -0.2) is 9.07 Å². The highest BCUT2D eigenvalue weighted by atomic mass is 35.5. The van der Waals surface area contributed by atoms with E-state index in [1.54, 1.807) is 43.5 Å². The molecule has 142 valence electrons. The fraction of sp³-hybridized carbons (Fsp3) is 0.150. The van der Waals surface area contributed by atoms with Gasteiger partial charge in [0.05, 0.1) is 12.6 Å². The number of amides is 2. The first-order chi connectivity index (χ1) is 13.4. The van der Waals surface area contributed by atoms with Crippen molar-refractivity contribution in [1.29, 1.82) is 0 Å². The van der Waals surface area contributed by atoms with Crippen LogP contribution in [-0.4, -0.2) is 21.6 Å². The summed E-state index contributed by atoms with van der Waals surface area (Å²) in [4.78, 5) is 24.9. The van der Waals surface area contributed by atoms with Gasteiger partial charge in [-0.1, -0.05) is 29.8 Å². The highest BCUT2D eigenvalue weighted by Gasteiger charge is 2.35.